The van der Waals surface area contributed by atoms with Crippen LogP contribution in [0.15, 0.2) is 0 Å². The Kier molecular flexibility index (Phi) is 7.28. The third-order valence-electron chi connectivity index (χ3n) is 3.88. The van der Waals surface area contributed by atoms with Crippen LogP contribution in [-0.4, -0.2) is 36.9 Å². The van der Waals surface area contributed by atoms with Gasteiger partial charge in [-0.3, -0.25) is 4.79 Å². The highest BCUT2D eigenvalue weighted by Gasteiger charge is 2.21. The van der Waals surface area contributed by atoms with Gasteiger partial charge in [-0.25, -0.2) is 0 Å². The van der Waals surface area contributed by atoms with Crippen molar-refractivity contribution in [3.63, 3.8) is 0 Å². The number of nitrogens with one attached hydrogen (secondary N) is 1. The first-order valence-electron chi connectivity index (χ1n) is 7.09. The quantitative estimate of drug-likeness (QED) is 0.701. The van der Waals surface area contributed by atoms with E-state index in [1.54, 1.807) is 7.11 Å². The van der Waals surface area contributed by atoms with E-state index in [0.29, 0.717) is 18.1 Å². The van der Waals surface area contributed by atoms with Gasteiger partial charge in [0.15, 0.2) is 0 Å². The number of ether oxygens (including phenoxy) is 1. The second-order valence-corrected chi connectivity index (χ2v) is 5.50. The van der Waals surface area contributed by atoms with Crippen LogP contribution < -0.4 is 5.32 Å². The van der Waals surface area contributed by atoms with Crippen molar-refractivity contribution in [1.29, 1.82) is 0 Å². The highest BCUT2D eigenvalue weighted by molar-refractivity contribution is 5.66. The average molecular weight is 257 g/mol. The first kappa shape index (κ1) is 15.4. The van der Waals surface area contributed by atoms with E-state index in [9.17, 15) is 4.79 Å². The van der Waals surface area contributed by atoms with Crippen molar-refractivity contribution >= 4 is 5.97 Å². The van der Waals surface area contributed by atoms with Gasteiger partial charge < -0.3 is 15.2 Å². The summed E-state index contributed by atoms with van der Waals surface area (Å²) in [5.41, 5.74) is 0. The lowest BCUT2D eigenvalue weighted by Gasteiger charge is -2.29. The number of carboxylic acids is 1. The van der Waals surface area contributed by atoms with E-state index < -0.39 is 5.97 Å². The molecule has 0 aromatic carbocycles. The summed E-state index contributed by atoms with van der Waals surface area (Å²) in [6.45, 7) is 3.12. The molecule has 0 heterocycles. The largest absolute Gasteiger partial charge is 0.481 e. The van der Waals surface area contributed by atoms with E-state index in [-0.39, 0.29) is 6.42 Å². The molecule has 0 spiro atoms. The Morgan fingerprint density at radius 1 is 1.44 bits per heavy atom. The molecule has 0 aromatic heterocycles. The fourth-order valence-electron chi connectivity index (χ4n) is 2.59. The molecular weight excluding hydrogens is 230 g/mol. The van der Waals surface area contributed by atoms with Crippen molar-refractivity contribution < 1.29 is 14.6 Å². The van der Waals surface area contributed by atoms with Gasteiger partial charge in [0.2, 0.25) is 0 Å². The van der Waals surface area contributed by atoms with E-state index in [4.69, 9.17) is 9.84 Å². The minimum atomic E-state index is -0.690. The summed E-state index contributed by atoms with van der Waals surface area (Å²) in [4.78, 5) is 10.5. The second kappa shape index (κ2) is 8.48. The summed E-state index contributed by atoms with van der Waals surface area (Å²) in [5.74, 6) is -0.208. The van der Waals surface area contributed by atoms with Crippen molar-refractivity contribution in [3.8, 4) is 0 Å². The highest BCUT2D eigenvalue weighted by Crippen LogP contribution is 2.20. The Morgan fingerprint density at radius 3 is 2.89 bits per heavy atom. The fraction of sp³-hybridized carbons (Fsp3) is 0.929. The van der Waals surface area contributed by atoms with Gasteiger partial charge in [-0.05, 0) is 51.0 Å². The zero-order valence-corrected chi connectivity index (χ0v) is 11.7. The lowest BCUT2D eigenvalue weighted by atomic mass is 9.92. The molecule has 0 saturated heterocycles. The lowest BCUT2D eigenvalue weighted by Crippen LogP contribution is -2.37. The third-order valence-corrected chi connectivity index (χ3v) is 3.88. The number of carbonyl (C=O) groups is 1. The SMILES string of the molecule is COC1CCCC(NCCC(C)CCC(=O)O)C1. The molecule has 1 aliphatic rings. The minimum absolute atomic E-state index is 0.288. The molecule has 4 nitrogen and oxygen atoms in total. The Hall–Kier alpha value is -0.610. The zero-order chi connectivity index (χ0) is 13.4. The van der Waals surface area contributed by atoms with Crippen molar-refractivity contribution in [2.45, 2.75) is 64.0 Å². The second-order valence-electron chi connectivity index (χ2n) is 5.50. The van der Waals surface area contributed by atoms with Crippen LogP contribution in [0.2, 0.25) is 0 Å². The third kappa shape index (κ3) is 6.36. The van der Waals surface area contributed by atoms with Gasteiger partial charge >= 0.3 is 5.97 Å². The molecule has 4 heteroatoms. The number of aliphatic carboxylic acids is 1. The molecule has 0 aliphatic heterocycles. The molecule has 1 rings (SSSR count). The molecule has 0 amide bonds. The number of hydrogen-bond acceptors (Lipinski definition) is 3. The first-order chi connectivity index (χ1) is 8.61. The molecule has 3 unspecified atom stereocenters. The molecule has 18 heavy (non-hydrogen) atoms. The Bertz CT molecular complexity index is 245. The molecule has 0 radical (unpaired) electrons. The maximum atomic E-state index is 10.5. The standard InChI is InChI=1S/C14H27NO3/c1-11(6-7-14(16)17)8-9-15-12-4-3-5-13(10-12)18-2/h11-13,15H,3-10H2,1-2H3,(H,16,17). The Balaban J connectivity index is 2.07. The number of hydrogen-bond donors (Lipinski definition) is 2. The normalized spacial score (nSPS) is 25.9. The van der Waals surface area contributed by atoms with Crippen LogP contribution in [0.25, 0.3) is 0 Å². The molecule has 3 atom stereocenters. The predicted octanol–water partition coefficient (Wildman–Crippen LogP) is 2.42. The summed E-state index contributed by atoms with van der Waals surface area (Å²) in [5, 5.41) is 12.2. The topological polar surface area (TPSA) is 58.6 Å². The van der Waals surface area contributed by atoms with Gasteiger partial charge in [0.25, 0.3) is 0 Å². The van der Waals surface area contributed by atoms with Crippen LogP contribution in [0.5, 0.6) is 0 Å². The van der Waals surface area contributed by atoms with Crippen LogP contribution in [0, 0.1) is 5.92 Å². The first-order valence-corrected chi connectivity index (χ1v) is 7.09. The molecule has 106 valence electrons. The fourth-order valence-corrected chi connectivity index (χ4v) is 2.59. The van der Waals surface area contributed by atoms with Crippen molar-refractivity contribution in [2.75, 3.05) is 13.7 Å². The summed E-state index contributed by atoms with van der Waals surface area (Å²) < 4.78 is 5.41. The van der Waals surface area contributed by atoms with Crippen LogP contribution in [0.4, 0.5) is 0 Å². The lowest BCUT2D eigenvalue weighted by molar-refractivity contribution is -0.137. The molecule has 1 fully saturated rings. The summed E-state index contributed by atoms with van der Waals surface area (Å²) in [6, 6.07) is 0.579. The van der Waals surface area contributed by atoms with Crippen LogP contribution in [-0.2, 0) is 9.53 Å². The van der Waals surface area contributed by atoms with Gasteiger partial charge in [0.1, 0.15) is 0 Å². The number of methoxy groups -OCH3 is 1. The zero-order valence-electron chi connectivity index (χ0n) is 11.7. The van der Waals surface area contributed by atoms with Crippen molar-refractivity contribution in [1.82, 2.24) is 5.32 Å². The maximum Gasteiger partial charge on any atom is 0.303 e. The van der Waals surface area contributed by atoms with E-state index in [2.05, 4.69) is 12.2 Å². The predicted molar refractivity (Wildman–Crippen MR) is 71.7 cm³/mol. The van der Waals surface area contributed by atoms with Crippen molar-refractivity contribution in [2.24, 2.45) is 5.92 Å². The average Bonchev–Trinajstić information content (AvgIpc) is 2.36. The van der Waals surface area contributed by atoms with E-state index in [1.807, 2.05) is 0 Å². The monoisotopic (exact) mass is 257 g/mol. The van der Waals surface area contributed by atoms with Gasteiger partial charge in [-0.2, -0.15) is 0 Å². The smallest absolute Gasteiger partial charge is 0.303 e. The molecular formula is C14H27NO3. The molecule has 0 aromatic rings. The van der Waals surface area contributed by atoms with E-state index in [1.165, 1.54) is 19.3 Å². The molecule has 1 aliphatic carbocycles. The van der Waals surface area contributed by atoms with Gasteiger partial charge in [0, 0.05) is 19.6 Å². The minimum Gasteiger partial charge on any atom is -0.481 e. The molecule has 2 N–H and O–H groups in total. The highest BCUT2D eigenvalue weighted by atomic mass is 16.5. The molecule has 0 bridgehead atoms. The van der Waals surface area contributed by atoms with Crippen LogP contribution >= 0.6 is 0 Å². The van der Waals surface area contributed by atoms with Crippen LogP contribution in [0.3, 0.4) is 0 Å². The maximum absolute atomic E-state index is 10.5. The summed E-state index contributed by atoms with van der Waals surface area (Å²) >= 11 is 0. The van der Waals surface area contributed by atoms with E-state index >= 15 is 0 Å². The number of rotatable bonds is 8. The number of carboxylic acid groups (broad SMARTS) is 1. The summed E-state index contributed by atoms with van der Waals surface area (Å²) in [7, 11) is 1.79. The molecule has 1 saturated carbocycles. The summed E-state index contributed by atoms with van der Waals surface area (Å²) in [6.07, 6.45) is 7.32. The van der Waals surface area contributed by atoms with Gasteiger partial charge in [-0.1, -0.05) is 6.92 Å². The van der Waals surface area contributed by atoms with Crippen molar-refractivity contribution in [3.05, 3.63) is 0 Å². The van der Waals surface area contributed by atoms with Gasteiger partial charge in [-0.15, -0.1) is 0 Å². The Morgan fingerprint density at radius 2 is 2.22 bits per heavy atom. The van der Waals surface area contributed by atoms with Crippen LogP contribution in [0.1, 0.15) is 51.9 Å². The van der Waals surface area contributed by atoms with E-state index in [0.717, 1.165) is 25.8 Å². The van der Waals surface area contributed by atoms with Gasteiger partial charge in [0.05, 0.1) is 6.10 Å². The Labute approximate surface area is 110 Å².